The molecule has 5 atom stereocenters. The summed E-state index contributed by atoms with van der Waals surface area (Å²) in [6, 6.07) is 0. The predicted octanol–water partition coefficient (Wildman–Crippen LogP) is 6.06. The molecule has 2 fully saturated rings. The fourth-order valence-electron chi connectivity index (χ4n) is 6.67. The average molecular weight is 282 g/mol. The van der Waals surface area contributed by atoms with E-state index in [2.05, 4.69) is 38.7 Å². The fourth-order valence-corrected chi connectivity index (χ4v) is 6.67. The third-order valence-corrected chi connectivity index (χ3v) is 7.89. The van der Waals surface area contributed by atoms with Crippen molar-refractivity contribution < 1.29 is 0 Å². The fraction of sp³-hybridized carbons (Fsp3) is 0.714. The molecule has 0 N–H and O–H groups in total. The van der Waals surface area contributed by atoms with E-state index in [9.17, 15) is 0 Å². The van der Waals surface area contributed by atoms with E-state index < -0.39 is 0 Å². The quantitative estimate of drug-likeness (QED) is 0.513. The number of hydrogen-bond acceptors (Lipinski definition) is 0. The first-order chi connectivity index (χ1) is 10.1. The Kier molecular flexibility index (Phi) is 3.04. The Morgan fingerprint density at radius 2 is 1.95 bits per heavy atom. The van der Waals surface area contributed by atoms with Crippen LogP contribution >= 0.6 is 0 Å². The van der Waals surface area contributed by atoms with E-state index >= 15 is 0 Å². The highest BCUT2D eigenvalue weighted by molar-refractivity contribution is 5.34. The molecule has 0 bridgehead atoms. The normalized spacial score (nSPS) is 48.6. The van der Waals surface area contributed by atoms with Crippen molar-refractivity contribution in [1.29, 1.82) is 0 Å². The van der Waals surface area contributed by atoms with Gasteiger partial charge in [-0.2, -0.15) is 0 Å². The molecule has 0 heterocycles. The van der Waals surface area contributed by atoms with E-state index in [1.165, 1.54) is 51.4 Å². The van der Waals surface area contributed by atoms with Crippen molar-refractivity contribution in [2.45, 2.75) is 65.2 Å². The Balaban J connectivity index is 1.68. The van der Waals surface area contributed by atoms with Gasteiger partial charge in [0.25, 0.3) is 0 Å². The van der Waals surface area contributed by atoms with Crippen LogP contribution in [-0.4, -0.2) is 0 Å². The van der Waals surface area contributed by atoms with Gasteiger partial charge < -0.3 is 0 Å². The molecule has 2 saturated carbocycles. The van der Waals surface area contributed by atoms with Gasteiger partial charge in [-0.3, -0.25) is 0 Å². The van der Waals surface area contributed by atoms with Crippen molar-refractivity contribution in [2.24, 2.45) is 28.6 Å². The summed E-state index contributed by atoms with van der Waals surface area (Å²) in [5.74, 6) is 2.80. The lowest BCUT2D eigenvalue weighted by molar-refractivity contribution is -0.0273. The van der Waals surface area contributed by atoms with Gasteiger partial charge in [-0.25, -0.2) is 0 Å². The maximum absolute atomic E-state index is 4.08. The molecule has 0 radical (unpaired) electrons. The van der Waals surface area contributed by atoms with Crippen LogP contribution in [0.3, 0.4) is 0 Å². The van der Waals surface area contributed by atoms with Gasteiger partial charge in [-0.15, -0.1) is 0 Å². The van der Waals surface area contributed by atoms with Gasteiger partial charge >= 0.3 is 0 Å². The van der Waals surface area contributed by atoms with Crippen LogP contribution in [0.5, 0.6) is 0 Å². The lowest BCUT2D eigenvalue weighted by Gasteiger charge is -2.58. The van der Waals surface area contributed by atoms with Crippen LogP contribution in [-0.2, 0) is 0 Å². The molecule has 0 amide bonds. The van der Waals surface area contributed by atoms with Crippen molar-refractivity contribution in [3.63, 3.8) is 0 Å². The molecule has 0 saturated heterocycles. The molecule has 0 aliphatic heterocycles. The summed E-state index contributed by atoms with van der Waals surface area (Å²) < 4.78 is 0. The largest absolute Gasteiger partial charge is 0.0988 e. The molecule has 0 aromatic heterocycles. The maximum Gasteiger partial charge on any atom is -0.00446 e. The standard InChI is InChI=1S/C21H30/c1-4-15-9-11-18-17-10-8-16-7-5-6-13-20(16,2)19(17)12-14-21(15,18)3/h4,7,9,17-19H,1,5-6,8,10-14H2,2-3H3. The molecule has 0 nitrogen and oxygen atoms in total. The molecule has 0 heteroatoms. The second-order valence-corrected chi connectivity index (χ2v) is 8.51. The van der Waals surface area contributed by atoms with Gasteiger partial charge in [-0.1, -0.05) is 44.2 Å². The Bertz CT molecular complexity index is 522. The summed E-state index contributed by atoms with van der Waals surface area (Å²) in [5.41, 5.74) is 4.36. The van der Waals surface area contributed by atoms with Crippen molar-refractivity contribution in [3.05, 3.63) is 36.0 Å². The molecular weight excluding hydrogens is 252 g/mol. The van der Waals surface area contributed by atoms with Gasteiger partial charge in [0.1, 0.15) is 0 Å². The molecule has 21 heavy (non-hydrogen) atoms. The smallest absolute Gasteiger partial charge is 0.00446 e. The topological polar surface area (TPSA) is 0 Å². The zero-order valence-electron chi connectivity index (χ0n) is 13.8. The second-order valence-electron chi connectivity index (χ2n) is 8.51. The summed E-state index contributed by atoms with van der Waals surface area (Å²) in [6.45, 7) is 9.22. The van der Waals surface area contributed by atoms with E-state index in [1.807, 2.05) is 5.57 Å². The Hall–Kier alpha value is -0.780. The molecule has 0 aromatic carbocycles. The summed E-state index contributed by atoms with van der Waals surface area (Å²) >= 11 is 0. The van der Waals surface area contributed by atoms with Gasteiger partial charge in [0.05, 0.1) is 0 Å². The van der Waals surface area contributed by atoms with Crippen molar-refractivity contribution in [2.75, 3.05) is 0 Å². The van der Waals surface area contributed by atoms with Crippen LogP contribution in [0.15, 0.2) is 36.0 Å². The number of fused-ring (bicyclic) bond motifs is 5. The number of hydrogen-bond donors (Lipinski definition) is 0. The van der Waals surface area contributed by atoms with E-state index in [0.717, 1.165) is 17.8 Å². The van der Waals surface area contributed by atoms with Crippen LogP contribution in [0.25, 0.3) is 0 Å². The molecule has 114 valence electrons. The third-order valence-electron chi connectivity index (χ3n) is 7.89. The van der Waals surface area contributed by atoms with Crippen LogP contribution in [0.4, 0.5) is 0 Å². The number of rotatable bonds is 1. The van der Waals surface area contributed by atoms with E-state index in [-0.39, 0.29) is 0 Å². The van der Waals surface area contributed by atoms with Crippen LogP contribution in [0.1, 0.15) is 65.2 Å². The first-order valence-electron chi connectivity index (χ1n) is 9.12. The summed E-state index contributed by atoms with van der Waals surface area (Å²) in [7, 11) is 0. The highest BCUT2D eigenvalue weighted by Crippen LogP contribution is 2.65. The SMILES string of the molecule is C=CC1=CCC2C3CCC4=CCCCC4(C)C3CCC12C. The molecule has 4 aliphatic carbocycles. The van der Waals surface area contributed by atoms with Crippen molar-refractivity contribution >= 4 is 0 Å². The Morgan fingerprint density at radius 1 is 1.10 bits per heavy atom. The third kappa shape index (κ3) is 1.74. The minimum Gasteiger partial charge on any atom is -0.0988 e. The monoisotopic (exact) mass is 282 g/mol. The highest BCUT2D eigenvalue weighted by atomic mass is 14.6. The zero-order valence-corrected chi connectivity index (χ0v) is 13.8. The van der Waals surface area contributed by atoms with E-state index in [1.54, 1.807) is 5.57 Å². The van der Waals surface area contributed by atoms with Crippen LogP contribution in [0, 0.1) is 28.6 Å². The molecule has 0 spiro atoms. The van der Waals surface area contributed by atoms with Crippen molar-refractivity contribution in [1.82, 2.24) is 0 Å². The second kappa shape index (κ2) is 4.61. The molecule has 0 aromatic rings. The highest BCUT2D eigenvalue weighted by Gasteiger charge is 2.56. The van der Waals surface area contributed by atoms with Gasteiger partial charge in [-0.05, 0) is 85.5 Å². The average Bonchev–Trinajstić information content (AvgIpc) is 2.83. The molecule has 4 aliphatic rings. The lowest BCUT2D eigenvalue weighted by Crippen LogP contribution is -2.49. The molecule has 5 unspecified atom stereocenters. The first-order valence-corrected chi connectivity index (χ1v) is 9.12. The number of allylic oxidation sites excluding steroid dienone is 5. The summed E-state index contributed by atoms with van der Waals surface area (Å²) in [5, 5.41) is 0. The lowest BCUT2D eigenvalue weighted by atomic mass is 9.47. The minimum atomic E-state index is 0.440. The van der Waals surface area contributed by atoms with Crippen LogP contribution in [0.2, 0.25) is 0 Å². The van der Waals surface area contributed by atoms with Crippen molar-refractivity contribution in [3.8, 4) is 0 Å². The maximum atomic E-state index is 4.08. The molecule has 4 rings (SSSR count). The van der Waals surface area contributed by atoms with Gasteiger partial charge in [0.15, 0.2) is 0 Å². The first kappa shape index (κ1) is 13.9. The predicted molar refractivity (Wildman–Crippen MR) is 90.0 cm³/mol. The van der Waals surface area contributed by atoms with E-state index in [0.29, 0.717) is 10.8 Å². The van der Waals surface area contributed by atoms with Gasteiger partial charge in [0, 0.05) is 0 Å². The van der Waals surface area contributed by atoms with E-state index in [4.69, 9.17) is 0 Å². The Labute approximate surface area is 130 Å². The summed E-state index contributed by atoms with van der Waals surface area (Å²) in [6.07, 6.45) is 18.4. The molecular formula is C21H30. The van der Waals surface area contributed by atoms with Gasteiger partial charge in [0.2, 0.25) is 0 Å². The summed E-state index contributed by atoms with van der Waals surface area (Å²) in [4.78, 5) is 0. The van der Waals surface area contributed by atoms with Crippen LogP contribution < -0.4 is 0 Å². The Morgan fingerprint density at radius 3 is 2.76 bits per heavy atom. The minimum absolute atomic E-state index is 0.440. The zero-order chi connectivity index (χ0) is 14.7.